The predicted octanol–water partition coefficient (Wildman–Crippen LogP) is 3.86. The van der Waals surface area contributed by atoms with Crippen LogP contribution in [0.5, 0.6) is 0 Å². The number of rotatable bonds is 4. The quantitative estimate of drug-likeness (QED) is 0.748. The number of carbonyl (C=O) groups excluding carboxylic acids is 2. The van der Waals surface area contributed by atoms with Gasteiger partial charge in [-0.2, -0.15) is 0 Å². The van der Waals surface area contributed by atoms with Crippen molar-refractivity contribution in [2.75, 3.05) is 10.6 Å². The third kappa shape index (κ3) is 4.27. The number of pyridine rings is 1. The van der Waals surface area contributed by atoms with E-state index < -0.39 is 23.4 Å². The van der Waals surface area contributed by atoms with Gasteiger partial charge in [0, 0.05) is 23.8 Å². The third-order valence-electron chi connectivity index (χ3n) is 3.47. The van der Waals surface area contributed by atoms with Gasteiger partial charge in [-0.15, -0.1) is 0 Å². The molecule has 0 fully saturated rings. The molecule has 0 spiro atoms. The van der Waals surface area contributed by atoms with E-state index in [4.69, 9.17) is 0 Å². The minimum atomic E-state index is -0.486. The number of hydrogen-bond donors (Lipinski definition) is 2. The summed E-state index contributed by atoms with van der Waals surface area (Å²) < 4.78 is 25.8. The van der Waals surface area contributed by atoms with Gasteiger partial charge in [0.25, 0.3) is 11.8 Å². The van der Waals surface area contributed by atoms with Gasteiger partial charge >= 0.3 is 0 Å². The van der Waals surface area contributed by atoms with Crippen molar-refractivity contribution in [3.05, 3.63) is 89.8 Å². The normalized spacial score (nSPS) is 10.2. The number of anilines is 2. The zero-order valence-electron chi connectivity index (χ0n) is 13.4. The van der Waals surface area contributed by atoms with Crippen molar-refractivity contribution in [3.63, 3.8) is 0 Å². The van der Waals surface area contributed by atoms with Crippen LogP contribution in [-0.2, 0) is 0 Å². The molecule has 0 aliphatic rings. The molecule has 0 saturated heterocycles. The molecule has 3 rings (SSSR count). The molecule has 0 aliphatic heterocycles. The average Bonchev–Trinajstić information content (AvgIpc) is 2.65. The van der Waals surface area contributed by atoms with Gasteiger partial charge in [0.1, 0.15) is 11.6 Å². The van der Waals surface area contributed by atoms with E-state index in [0.29, 0.717) is 11.4 Å². The molecule has 1 aromatic heterocycles. The van der Waals surface area contributed by atoms with Gasteiger partial charge in [-0.1, -0.05) is 0 Å². The lowest BCUT2D eigenvalue weighted by molar-refractivity contribution is 0.102. The highest BCUT2D eigenvalue weighted by Crippen LogP contribution is 2.13. The Labute approximate surface area is 147 Å². The van der Waals surface area contributed by atoms with Crippen molar-refractivity contribution in [3.8, 4) is 0 Å². The Morgan fingerprint density at radius 1 is 0.692 bits per heavy atom. The number of aromatic nitrogens is 1. The smallest absolute Gasteiger partial charge is 0.257 e. The van der Waals surface area contributed by atoms with Gasteiger partial charge in [-0.25, -0.2) is 8.78 Å². The van der Waals surface area contributed by atoms with Crippen LogP contribution in [-0.4, -0.2) is 16.8 Å². The van der Waals surface area contributed by atoms with Crippen molar-refractivity contribution in [1.29, 1.82) is 0 Å². The fraction of sp³-hybridized carbons (Fsp3) is 0. The maximum Gasteiger partial charge on any atom is 0.257 e. The SMILES string of the molecule is O=C(Nc1ccc(F)cc1)c1cncc(C(=O)Nc2ccc(F)cc2)c1. The maximum absolute atomic E-state index is 12.9. The molecule has 0 saturated carbocycles. The van der Waals surface area contributed by atoms with Crippen LogP contribution < -0.4 is 10.6 Å². The Balaban J connectivity index is 1.72. The standard InChI is InChI=1S/C19H13F2N3O2/c20-14-1-5-16(6-2-14)23-18(25)12-9-13(11-22-10-12)19(26)24-17-7-3-15(21)4-8-17/h1-11H,(H,23,25)(H,24,26). The van der Waals surface area contributed by atoms with Crippen LogP contribution in [0.15, 0.2) is 67.0 Å². The monoisotopic (exact) mass is 353 g/mol. The summed E-state index contributed by atoms with van der Waals surface area (Å²) >= 11 is 0. The molecule has 26 heavy (non-hydrogen) atoms. The van der Waals surface area contributed by atoms with E-state index in [1.165, 1.54) is 67.0 Å². The highest BCUT2D eigenvalue weighted by molar-refractivity contribution is 6.08. The summed E-state index contributed by atoms with van der Waals surface area (Å²) in [4.78, 5) is 28.4. The van der Waals surface area contributed by atoms with Gasteiger partial charge < -0.3 is 10.6 Å². The Hall–Kier alpha value is -3.61. The van der Waals surface area contributed by atoms with Gasteiger partial charge in [0.05, 0.1) is 11.1 Å². The molecule has 0 bridgehead atoms. The summed E-state index contributed by atoms with van der Waals surface area (Å²) in [5, 5.41) is 5.18. The van der Waals surface area contributed by atoms with E-state index >= 15 is 0 Å². The second-order valence-electron chi connectivity index (χ2n) is 5.38. The van der Waals surface area contributed by atoms with Gasteiger partial charge in [0.2, 0.25) is 0 Å². The van der Waals surface area contributed by atoms with Gasteiger partial charge in [-0.3, -0.25) is 14.6 Å². The molecular weight excluding hydrogens is 340 g/mol. The van der Waals surface area contributed by atoms with E-state index in [1.54, 1.807) is 0 Å². The summed E-state index contributed by atoms with van der Waals surface area (Å²) in [6, 6.07) is 12.0. The maximum atomic E-state index is 12.9. The summed E-state index contributed by atoms with van der Waals surface area (Å²) in [6.45, 7) is 0. The van der Waals surface area contributed by atoms with Crippen LogP contribution >= 0.6 is 0 Å². The minimum absolute atomic E-state index is 0.168. The number of benzene rings is 2. The van der Waals surface area contributed by atoms with Crippen molar-refractivity contribution in [1.82, 2.24) is 4.98 Å². The highest BCUT2D eigenvalue weighted by Gasteiger charge is 2.12. The van der Waals surface area contributed by atoms with Crippen LogP contribution in [0, 0.1) is 11.6 Å². The largest absolute Gasteiger partial charge is 0.322 e. The Morgan fingerprint density at radius 3 is 1.46 bits per heavy atom. The first-order valence-corrected chi connectivity index (χ1v) is 7.60. The topological polar surface area (TPSA) is 71.1 Å². The van der Waals surface area contributed by atoms with Crippen LogP contribution in [0.2, 0.25) is 0 Å². The van der Waals surface area contributed by atoms with Gasteiger partial charge in [-0.05, 0) is 54.6 Å². The fourth-order valence-electron chi connectivity index (χ4n) is 2.16. The minimum Gasteiger partial charge on any atom is -0.322 e. The Kier molecular flexibility index (Phi) is 4.98. The molecule has 0 aliphatic carbocycles. The molecule has 2 N–H and O–H groups in total. The average molecular weight is 353 g/mol. The molecule has 2 amide bonds. The second kappa shape index (κ2) is 7.52. The molecule has 5 nitrogen and oxygen atoms in total. The second-order valence-corrected chi connectivity index (χ2v) is 5.38. The Morgan fingerprint density at radius 2 is 1.08 bits per heavy atom. The number of nitrogens with one attached hydrogen (secondary N) is 2. The first-order valence-electron chi connectivity index (χ1n) is 7.60. The number of amides is 2. The lowest BCUT2D eigenvalue weighted by atomic mass is 10.1. The molecule has 130 valence electrons. The van der Waals surface area contributed by atoms with E-state index in [9.17, 15) is 18.4 Å². The van der Waals surface area contributed by atoms with Crippen molar-refractivity contribution < 1.29 is 18.4 Å². The fourth-order valence-corrected chi connectivity index (χ4v) is 2.16. The first-order chi connectivity index (χ1) is 12.5. The summed E-state index contributed by atoms with van der Waals surface area (Å²) in [5.74, 6) is -1.80. The summed E-state index contributed by atoms with van der Waals surface area (Å²) in [5.41, 5.74) is 1.16. The number of carbonyl (C=O) groups is 2. The molecule has 2 aromatic carbocycles. The predicted molar refractivity (Wildman–Crippen MR) is 92.9 cm³/mol. The molecule has 3 aromatic rings. The molecule has 0 atom stereocenters. The van der Waals surface area contributed by atoms with E-state index in [1.807, 2.05) is 0 Å². The van der Waals surface area contributed by atoms with Gasteiger partial charge in [0.15, 0.2) is 0 Å². The lowest BCUT2D eigenvalue weighted by Crippen LogP contribution is -2.16. The number of halogens is 2. The zero-order valence-corrected chi connectivity index (χ0v) is 13.4. The third-order valence-corrected chi connectivity index (χ3v) is 3.47. The summed E-state index contributed by atoms with van der Waals surface area (Å²) in [6.07, 6.45) is 2.63. The van der Waals surface area contributed by atoms with E-state index in [2.05, 4.69) is 15.6 Å². The van der Waals surface area contributed by atoms with E-state index in [0.717, 1.165) is 0 Å². The van der Waals surface area contributed by atoms with Crippen LogP contribution in [0.25, 0.3) is 0 Å². The van der Waals surface area contributed by atoms with Crippen LogP contribution in [0.4, 0.5) is 20.2 Å². The van der Waals surface area contributed by atoms with E-state index in [-0.39, 0.29) is 11.1 Å². The zero-order chi connectivity index (χ0) is 18.5. The number of nitrogens with zero attached hydrogens (tertiary/aromatic N) is 1. The van der Waals surface area contributed by atoms with Crippen molar-refractivity contribution in [2.24, 2.45) is 0 Å². The highest BCUT2D eigenvalue weighted by atomic mass is 19.1. The molecule has 7 heteroatoms. The van der Waals surface area contributed by atoms with Crippen molar-refractivity contribution >= 4 is 23.2 Å². The first kappa shape index (κ1) is 17.2. The summed E-state index contributed by atoms with van der Waals surface area (Å²) in [7, 11) is 0. The van der Waals surface area contributed by atoms with Crippen LogP contribution in [0.3, 0.4) is 0 Å². The van der Waals surface area contributed by atoms with Crippen molar-refractivity contribution in [2.45, 2.75) is 0 Å². The molecule has 0 unspecified atom stereocenters. The van der Waals surface area contributed by atoms with Crippen LogP contribution in [0.1, 0.15) is 20.7 Å². The molecular formula is C19H13F2N3O2. The lowest BCUT2D eigenvalue weighted by Gasteiger charge is -2.08. The molecule has 1 heterocycles. The number of hydrogen-bond acceptors (Lipinski definition) is 3. The molecule has 0 radical (unpaired) electrons. The Bertz CT molecular complexity index is 867.